The fraction of sp³-hybridized carbons (Fsp3) is 0.200. The third kappa shape index (κ3) is 2.56. The number of Topliss-reactive ketones (excluding diaryl/α,β-unsaturated/α-hetero) is 1. The van der Waals surface area contributed by atoms with Crippen molar-refractivity contribution in [1.29, 1.82) is 0 Å². The number of hydrogen-bond acceptors (Lipinski definition) is 3. The van der Waals surface area contributed by atoms with Crippen molar-refractivity contribution in [3.05, 3.63) is 48.3 Å². The quantitative estimate of drug-likeness (QED) is 0.773. The van der Waals surface area contributed by atoms with Crippen molar-refractivity contribution in [1.82, 2.24) is 4.98 Å². The summed E-state index contributed by atoms with van der Waals surface area (Å²) in [6.45, 7) is 1.55. The Kier molecular flexibility index (Phi) is 3.42. The van der Waals surface area contributed by atoms with Crippen LogP contribution in [-0.4, -0.2) is 24.9 Å². The summed E-state index contributed by atoms with van der Waals surface area (Å²) in [5, 5.41) is 0. The van der Waals surface area contributed by atoms with Crippen molar-refractivity contribution in [2.45, 2.75) is 6.92 Å². The molecule has 0 unspecified atom stereocenters. The maximum absolute atomic E-state index is 11.4. The van der Waals surface area contributed by atoms with E-state index in [0.29, 0.717) is 5.56 Å². The second-order valence-electron chi connectivity index (χ2n) is 4.46. The Morgan fingerprint density at radius 3 is 2.56 bits per heavy atom. The van der Waals surface area contributed by atoms with Crippen LogP contribution in [-0.2, 0) is 0 Å². The standard InChI is InChI=1S/C15H16N2O/c1-11(18)13-7-14(10-16-9-13)12-5-4-6-15(8-12)17(2)3/h4-10H,1-3H3. The van der Waals surface area contributed by atoms with Crippen LogP contribution < -0.4 is 4.90 Å². The smallest absolute Gasteiger partial charge is 0.161 e. The summed E-state index contributed by atoms with van der Waals surface area (Å²) in [5.41, 5.74) is 3.80. The number of benzene rings is 1. The largest absolute Gasteiger partial charge is 0.378 e. The molecule has 0 fully saturated rings. The van der Waals surface area contributed by atoms with Gasteiger partial charge in [-0.25, -0.2) is 0 Å². The average molecular weight is 240 g/mol. The molecule has 0 amide bonds. The zero-order valence-corrected chi connectivity index (χ0v) is 10.8. The lowest BCUT2D eigenvalue weighted by Crippen LogP contribution is -2.08. The van der Waals surface area contributed by atoms with Gasteiger partial charge in [0, 0.05) is 43.3 Å². The predicted molar refractivity (Wildman–Crippen MR) is 74.0 cm³/mol. The van der Waals surface area contributed by atoms with Gasteiger partial charge in [0.15, 0.2) is 5.78 Å². The number of hydrogen-bond donors (Lipinski definition) is 0. The van der Waals surface area contributed by atoms with Crippen molar-refractivity contribution in [3.63, 3.8) is 0 Å². The molecule has 92 valence electrons. The van der Waals surface area contributed by atoms with E-state index in [1.807, 2.05) is 43.3 Å². The molecule has 1 aromatic carbocycles. The molecule has 0 aliphatic rings. The van der Waals surface area contributed by atoms with Gasteiger partial charge in [0.25, 0.3) is 0 Å². The van der Waals surface area contributed by atoms with Gasteiger partial charge in [-0.15, -0.1) is 0 Å². The van der Waals surface area contributed by atoms with E-state index in [1.165, 1.54) is 0 Å². The molecule has 3 nitrogen and oxygen atoms in total. The first-order chi connectivity index (χ1) is 8.58. The molecule has 1 heterocycles. The molecule has 1 aromatic heterocycles. The van der Waals surface area contributed by atoms with Gasteiger partial charge in [0.05, 0.1) is 0 Å². The van der Waals surface area contributed by atoms with Crippen molar-refractivity contribution >= 4 is 11.5 Å². The number of ketones is 1. The third-order valence-electron chi connectivity index (χ3n) is 2.84. The highest BCUT2D eigenvalue weighted by Crippen LogP contribution is 2.23. The number of anilines is 1. The van der Waals surface area contributed by atoms with Gasteiger partial charge in [-0.2, -0.15) is 0 Å². The predicted octanol–water partition coefficient (Wildman–Crippen LogP) is 3.02. The Labute approximate surface area is 107 Å². The highest BCUT2D eigenvalue weighted by Gasteiger charge is 2.04. The lowest BCUT2D eigenvalue weighted by molar-refractivity contribution is 0.101. The molecule has 0 bridgehead atoms. The first-order valence-electron chi connectivity index (χ1n) is 5.81. The van der Waals surface area contributed by atoms with E-state index < -0.39 is 0 Å². The highest BCUT2D eigenvalue weighted by molar-refractivity contribution is 5.94. The topological polar surface area (TPSA) is 33.2 Å². The summed E-state index contributed by atoms with van der Waals surface area (Å²) in [4.78, 5) is 17.5. The number of carbonyl (C=O) groups excluding carboxylic acids is 1. The summed E-state index contributed by atoms with van der Waals surface area (Å²) in [5.74, 6) is 0.0353. The minimum Gasteiger partial charge on any atom is -0.378 e. The van der Waals surface area contributed by atoms with Gasteiger partial charge < -0.3 is 4.90 Å². The third-order valence-corrected chi connectivity index (χ3v) is 2.84. The molecule has 0 N–H and O–H groups in total. The Morgan fingerprint density at radius 2 is 1.89 bits per heavy atom. The minimum atomic E-state index is 0.0353. The molecule has 18 heavy (non-hydrogen) atoms. The highest BCUT2D eigenvalue weighted by atomic mass is 16.1. The first-order valence-corrected chi connectivity index (χ1v) is 5.81. The van der Waals surface area contributed by atoms with Gasteiger partial charge >= 0.3 is 0 Å². The number of nitrogens with zero attached hydrogens (tertiary/aromatic N) is 2. The SMILES string of the molecule is CC(=O)c1cncc(-c2cccc(N(C)C)c2)c1. The molecule has 0 saturated carbocycles. The number of pyridine rings is 1. The van der Waals surface area contributed by atoms with E-state index in [1.54, 1.807) is 19.3 Å². The lowest BCUT2D eigenvalue weighted by Gasteiger charge is -2.13. The Balaban J connectivity index is 2.45. The summed E-state index contributed by atoms with van der Waals surface area (Å²) in [7, 11) is 4.01. The summed E-state index contributed by atoms with van der Waals surface area (Å²) >= 11 is 0. The Morgan fingerprint density at radius 1 is 1.11 bits per heavy atom. The molecule has 0 aliphatic heterocycles. The van der Waals surface area contributed by atoms with E-state index in [4.69, 9.17) is 0 Å². The second-order valence-corrected chi connectivity index (χ2v) is 4.46. The fourth-order valence-corrected chi connectivity index (χ4v) is 1.75. The molecule has 0 spiro atoms. The molecule has 2 aromatic rings. The van der Waals surface area contributed by atoms with Crippen LogP contribution in [0.3, 0.4) is 0 Å². The van der Waals surface area contributed by atoms with Crippen LogP contribution in [0, 0.1) is 0 Å². The molecule has 2 rings (SSSR count). The zero-order chi connectivity index (χ0) is 13.1. The van der Waals surface area contributed by atoms with Gasteiger partial charge in [0.1, 0.15) is 0 Å². The van der Waals surface area contributed by atoms with E-state index in [2.05, 4.69) is 11.1 Å². The number of carbonyl (C=O) groups is 1. The van der Waals surface area contributed by atoms with E-state index in [9.17, 15) is 4.79 Å². The lowest BCUT2D eigenvalue weighted by atomic mass is 10.0. The van der Waals surface area contributed by atoms with Gasteiger partial charge in [-0.1, -0.05) is 12.1 Å². The van der Waals surface area contributed by atoms with E-state index >= 15 is 0 Å². The van der Waals surface area contributed by atoms with Gasteiger partial charge in [-0.3, -0.25) is 9.78 Å². The molecule has 0 radical (unpaired) electrons. The van der Waals surface area contributed by atoms with Gasteiger partial charge in [0.2, 0.25) is 0 Å². The Bertz CT molecular complexity index is 576. The molecular weight excluding hydrogens is 224 g/mol. The van der Waals surface area contributed by atoms with Crippen molar-refractivity contribution in [2.24, 2.45) is 0 Å². The van der Waals surface area contributed by atoms with Crippen molar-refractivity contribution < 1.29 is 4.79 Å². The van der Waals surface area contributed by atoms with Crippen molar-refractivity contribution in [2.75, 3.05) is 19.0 Å². The number of rotatable bonds is 3. The van der Waals surface area contributed by atoms with Crippen LogP contribution >= 0.6 is 0 Å². The maximum Gasteiger partial charge on any atom is 0.161 e. The zero-order valence-electron chi connectivity index (χ0n) is 10.8. The normalized spacial score (nSPS) is 10.2. The molecule has 0 atom stereocenters. The monoisotopic (exact) mass is 240 g/mol. The van der Waals surface area contributed by atoms with Crippen LogP contribution in [0.1, 0.15) is 17.3 Å². The van der Waals surface area contributed by atoms with Crippen LogP contribution in [0.4, 0.5) is 5.69 Å². The molecule has 3 heteroatoms. The summed E-state index contributed by atoms with van der Waals surface area (Å²) in [6.07, 6.45) is 3.38. The van der Waals surface area contributed by atoms with Crippen molar-refractivity contribution in [3.8, 4) is 11.1 Å². The van der Waals surface area contributed by atoms with Crippen LogP contribution in [0.15, 0.2) is 42.7 Å². The van der Waals surface area contributed by atoms with Crippen LogP contribution in [0.5, 0.6) is 0 Å². The molecular formula is C15H16N2O. The fourth-order valence-electron chi connectivity index (χ4n) is 1.75. The molecule has 0 aliphatic carbocycles. The van der Waals surface area contributed by atoms with Gasteiger partial charge in [-0.05, 0) is 30.7 Å². The number of aromatic nitrogens is 1. The minimum absolute atomic E-state index is 0.0353. The maximum atomic E-state index is 11.4. The first kappa shape index (κ1) is 12.3. The average Bonchev–Trinajstić information content (AvgIpc) is 2.39. The van der Waals surface area contributed by atoms with E-state index in [-0.39, 0.29) is 5.78 Å². The summed E-state index contributed by atoms with van der Waals surface area (Å²) < 4.78 is 0. The summed E-state index contributed by atoms with van der Waals surface area (Å²) in [6, 6.07) is 10.0. The second kappa shape index (κ2) is 5.00. The Hall–Kier alpha value is -2.16. The van der Waals surface area contributed by atoms with E-state index in [0.717, 1.165) is 16.8 Å². The van der Waals surface area contributed by atoms with Crippen LogP contribution in [0.2, 0.25) is 0 Å². The van der Waals surface area contributed by atoms with Crippen LogP contribution in [0.25, 0.3) is 11.1 Å². The molecule has 0 saturated heterocycles.